The van der Waals surface area contributed by atoms with Gasteiger partial charge in [-0.25, -0.2) is 17.7 Å². The van der Waals surface area contributed by atoms with E-state index >= 15 is 0 Å². The molecule has 0 aliphatic carbocycles. The van der Waals surface area contributed by atoms with Gasteiger partial charge in [0.15, 0.2) is 0 Å². The molecule has 0 aliphatic rings. The average Bonchev–Trinajstić information content (AvgIpc) is 2.47. The van der Waals surface area contributed by atoms with E-state index in [1.807, 2.05) is 0 Å². The molecular weight excluding hydrogens is 374 g/mol. The number of thiol groups is 1. The van der Waals surface area contributed by atoms with Crippen LogP contribution in [-0.4, -0.2) is 8.96 Å². The van der Waals surface area contributed by atoms with Gasteiger partial charge in [0.2, 0.25) is 0 Å². The minimum absolute atomic E-state index is 0.110. The van der Waals surface area contributed by atoms with Crippen LogP contribution in [0.2, 0.25) is 0 Å². The lowest BCUT2D eigenvalue weighted by molar-refractivity contribution is 0.590. The summed E-state index contributed by atoms with van der Waals surface area (Å²) < 4.78 is 29.7. The van der Waals surface area contributed by atoms with E-state index in [4.69, 9.17) is 0 Å². The second kappa shape index (κ2) is 5.48. The summed E-state index contributed by atoms with van der Waals surface area (Å²) in [5.41, 5.74) is -0.261. The number of benzene rings is 2. The molecule has 3 rings (SSSR count). The molecule has 0 fully saturated rings. The van der Waals surface area contributed by atoms with E-state index in [1.165, 1.54) is 6.07 Å². The van der Waals surface area contributed by atoms with Crippen molar-refractivity contribution in [3.8, 4) is 11.1 Å². The first-order valence-electron chi connectivity index (χ1n) is 6.27. The zero-order valence-corrected chi connectivity index (χ0v) is 13.8. The Morgan fingerprint density at radius 3 is 2.41 bits per heavy atom. The maximum absolute atomic E-state index is 14.1. The van der Waals surface area contributed by atoms with Crippen LogP contribution in [0.5, 0.6) is 0 Å². The number of aryl methyl sites for hydroxylation is 1. The van der Waals surface area contributed by atoms with Gasteiger partial charge in [0, 0.05) is 10.0 Å². The largest absolute Gasteiger partial charge is 0.272 e. The topological polar surface area (TPSA) is 34.9 Å². The van der Waals surface area contributed by atoms with Crippen LogP contribution < -0.4 is 5.56 Å². The zero-order chi connectivity index (χ0) is 16.0. The minimum Gasteiger partial charge on any atom is -0.268 e. The lowest BCUT2D eigenvalue weighted by Crippen LogP contribution is -2.18. The van der Waals surface area contributed by atoms with Gasteiger partial charge >= 0.3 is 0 Å². The molecule has 1 aromatic heterocycles. The SMILES string of the molecule is Cc1nc2ccc(Br)c(-c3c(F)cccc3F)c2c(=O)n1S. The molecule has 0 saturated heterocycles. The van der Waals surface area contributed by atoms with Crippen LogP contribution in [0.15, 0.2) is 39.6 Å². The highest BCUT2D eigenvalue weighted by Crippen LogP contribution is 2.36. The third-order valence-electron chi connectivity index (χ3n) is 3.34. The number of hydrogen-bond acceptors (Lipinski definition) is 3. The molecule has 0 saturated carbocycles. The van der Waals surface area contributed by atoms with Gasteiger partial charge in [-0.05, 0) is 31.2 Å². The van der Waals surface area contributed by atoms with Gasteiger partial charge in [-0.3, -0.25) is 4.79 Å². The predicted octanol–water partition coefficient (Wildman–Crippen LogP) is 4.11. The molecule has 112 valence electrons. The molecule has 0 N–H and O–H groups in total. The summed E-state index contributed by atoms with van der Waals surface area (Å²) >= 11 is 7.34. The van der Waals surface area contributed by atoms with E-state index in [9.17, 15) is 13.6 Å². The minimum atomic E-state index is -0.751. The van der Waals surface area contributed by atoms with Crippen molar-refractivity contribution in [2.24, 2.45) is 0 Å². The van der Waals surface area contributed by atoms with Crippen molar-refractivity contribution in [3.63, 3.8) is 0 Å². The van der Waals surface area contributed by atoms with Gasteiger partial charge < -0.3 is 0 Å². The summed E-state index contributed by atoms with van der Waals surface area (Å²) in [7, 11) is 0. The fraction of sp³-hybridized carbons (Fsp3) is 0.0667. The highest BCUT2D eigenvalue weighted by atomic mass is 79.9. The quantitative estimate of drug-likeness (QED) is 0.642. The lowest BCUT2D eigenvalue weighted by atomic mass is 10.00. The molecule has 3 nitrogen and oxygen atoms in total. The summed E-state index contributed by atoms with van der Waals surface area (Å²) in [4.78, 5) is 16.7. The van der Waals surface area contributed by atoms with Gasteiger partial charge in [0.25, 0.3) is 5.56 Å². The Kier molecular flexibility index (Phi) is 3.78. The number of fused-ring (bicyclic) bond motifs is 1. The molecule has 0 aliphatic heterocycles. The second-order valence-corrected chi connectivity index (χ2v) is 5.94. The molecular formula is C15H9BrF2N2OS. The number of nitrogens with zero attached hydrogens (tertiary/aromatic N) is 2. The van der Waals surface area contributed by atoms with E-state index in [0.29, 0.717) is 15.8 Å². The lowest BCUT2D eigenvalue weighted by Gasteiger charge is -2.12. The smallest absolute Gasteiger partial charge is 0.268 e. The van der Waals surface area contributed by atoms with Gasteiger partial charge in [0.05, 0.1) is 16.5 Å². The van der Waals surface area contributed by atoms with Crippen LogP contribution in [0.4, 0.5) is 8.78 Å². The summed E-state index contributed by atoms with van der Waals surface area (Å²) in [5, 5.41) is 0.110. The van der Waals surface area contributed by atoms with E-state index in [2.05, 4.69) is 33.7 Å². The number of hydrogen-bond donors (Lipinski definition) is 1. The third-order valence-corrected chi connectivity index (χ3v) is 4.47. The summed E-state index contributed by atoms with van der Waals surface area (Å²) in [6.07, 6.45) is 0. The van der Waals surface area contributed by atoms with Gasteiger partial charge in [0.1, 0.15) is 17.5 Å². The molecule has 1 heterocycles. The van der Waals surface area contributed by atoms with Gasteiger partial charge in [-0.2, -0.15) is 0 Å². The average molecular weight is 383 g/mol. The fourth-order valence-electron chi connectivity index (χ4n) is 2.33. The van der Waals surface area contributed by atoms with Crippen molar-refractivity contribution in [3.05, 3.63) is 62.6 Å². The Morgan fingerprint density at radius 1 is 1.14 bits per heavy atom. The molecule has 22 heavy (non-hydrogen) atoms. The highest BCUT2D eigenvalue weighted by molar-refractivity contribution is 9.10. The number of halogens is 3. The van der Waals surface area contributed by atoms with Crippen LogP contribution in [0.25, 0.3) is 22.0 Å². The molecule has 0 bridgehead atoms. The normalized spacial score (nSPS) is 11.1. The zero-order valence-electron chi connectivity index (χ0n) is 11.3. The first-order valence-corrected chi connectivity index (χ1v) is 7.46. The fourth-order valence-corrected chi connectivity index (χ4v) is 3.00. The number of rotatable bonds is 1. The Labute approximate surface area is 138 Å². The Balaban J connectivity index is 2.57. The summed E-state index contributed by atoms with van der Waals surface area (Å²) in [6, 6.07) is 6.78. The predicted molar refractivity (Wildman–Crippen MR) is 88.2 cm³/mol. The standard InChI is InChI=1S/C15H9BrF2N2OS/c1-7-19-11-6-5-8(16)12(14(11)15(21)20(7)22)13-9(17)3-2-4-10(13)18/h2-6,22H,1H3. The van der Waals surface area contributed by atoms with Crippen LogP contribution in [0.1, 0.15) is 5.82 Å². The van der Waals surface area contributed by atoms with Crippen molar-refractivity contribution in [2.45, 2.75) is 6.92 Å². The Morgan fingerprint density at radius 2 is 1.77 bits per heavy atom. The van der Waals surface area contributed by atoms with E-state index < -0.39 is 17.2 Å². The van der Waals surface area contributed by atoms with Gasteiger partial charge in [-0.15, -0.1) is 0 Å². The Hall–Kier alpha value is -1.73. The molecule has 7 heteroatoms. The first-order chi connectivity index (χ1) is 10.4. The van der Waals surface area contributed by atoms with Crippen molar-refractivity contribution in [1.82, 2.24) is 8.96 Å². The summed E-state index contributed by atoms with van der Waals surface area (Å²) in [6.45, 7) is 1.62. The monoisotopic (exact) mass is 382 g/mol. The summed E-state index contributed by atoms with van der Waals surface area (Å²) in [5.74, 6) is -1.11. The van der Waals surface area contributed by atoms with Gasteiger partial charge in [-0.1, -0.05) is 34.8 Å². The van der Waals surface area contributed by atoms with Crippen LogP contribution >= 0.6 is 28.7 Å². The molecule has 0 radical (unpaired) electrons. The molecule has 0 atom stereocenters. The van der Waals surface area contributed by atoms with E-state index in [1.54, 1.807) is 19.1 Å². The van der Waals surface area contributed by atoms with Crippen molar-refractivity contribution in [1.29, 1.82) is 0 Å². The van der Waals surface area contributed by atoms with Crippen molar-refractivity contribution >= 4 is 39.6 Å². The van der Waals surface area contributed by atoms with E-state index in [-0.39, 0.29) is 16.5 Å². The number of aromatic nitrogens is 2. The molecule has 0 unspecified atom stereocenters. The van der Waals surface area contributed by atoms with E-state index in [0.717, 1.165) is 16.1 Å². The third kappa shape index (κ3) is 2.24. The molecule has 0 spiro atoms. The van der Waals surface area contributed by atoms with Crippen molar-refractivity contribution in [2.75, 3.05) is 0 Å². The molecule has 3 aromatic rings. The Bertz CT molecular complexity index is 952. The maximum Gasteiger partial charge on any atom is 0.272 e. The maximum atomic E-state index is 14.1. The molecule has 0 amide bonds. The van der Waals surface area contributed by atoms with Crippen LogP contribution in [0.3, 0.4) is 0 Å². The second-order valence-electron chi connectivity index (χ2n) is 4.69. The first kappa shape index (κ1) is 15.2. The van der Waals surface area contributed by atoms with Crippen molar-refractivity contribution < 1.29 is 8.78 Å². The van der Waals surface area contributed by atoms with Crippen LogP contribution in [-0.2, 0) is 0 Å². The molecule has 2 aromatic carbocycles. The highest BCUT2D eigenvalue weighted by Gasteiger charge is 2.20. The van der Waals surface area contributed by atoms with Crippen LogP contribution in [0, 0.1) is 18.6 Å².